The first-order valence-corrected chi connectivity index (χ1v) is 6.84. The summed E-state index contributed by atoms with van der Waals surface area (Å²) in [4.78, 5) is 4.40. The van der Waals surface area contributed by atoms with Crippen LogP contribution in [0.1, 0.15) is 24.8 Å². The van der Waals surface area contributed by atoms with E-state index in [1.807, 2.05) is 11.8 Å². The summed E-state index contributed by atoms with van der Waals surface area (Å²) in [7, 11) is 0. The molecule has 0 spiro atoms. The normalized spacial score (nSPS) is 16.9. The molecule has 1 aliphatic heterocycles. The Morgan fingerprint density at radius 2 is 2.19 bits per heavy atom. The molecule has 0 fully saturated rings. The van der Waals surface area contributed by atoms with Crippen molar-refractivity contribution < 1.29 is 0 Å². The van der Waals surface area contributed by atoms with Crippen molar-refractivity contribution in [3.05, 3.63) is 35.9 Å². The molecule has 1 heterocycles. The van der Waals surface area contributed by atoms with Gasteiger partial charge in [-0.1, -0.05) is 49.0 Å². The summed E-state index contributed by atoms with van der Waals surface area (Å²) in [6.45, 7) is 4.20. The minimum absolute atomic E-state index is 0.588. The third-order valence-corrected chi connectivity index (χ3v) is 3.78. The summed E-state index contributed by atoms with van der Waals surface area (Å²) < 4.78 is 0. The standard InChI is InChI=1S/C13H18N2S/c1-2-11(12-6-4-3-5-7-12)10-15-13-14-8-9-16-13/h3-7,11H,2,8-10H2,1H3,(H,14,15). The van der Waals surface area contributed by atoms with Crippen molar-refractivity contribution in [2.45, 2.75) is 19.3 Å². The Bertz CT molecular complexity index is 348. The predicted molar refractivity (Wildman–Crippen MR) is 72.2 cm³/mol. The second-order valence-corrected chi connectivity index (χ2v) is 5.02. The van der Waals surface area contributed by atoms with Crippen molar-refractivity contribution in [3.63, 3.8) is 0 Å². The molecule has 0 aromatic heterocycles. The molecule has 0 saturated heterocycles. The van der Waals surface area contributed by atoms with Crippen LogP contribution in [-0.4, -0.2) is 24.0 Å². The molecular weight excluding hydrogens is 216 g/mol. The highest BCUT2D eigenvalue weighted by Gasteiger charge is 2.11. The van der Waals surface area contributed by atoms with Crippen LogP contribution in [0.2, 0.25) is 0 Å². The molecule has 2 nitrogen and oxygen atoms in total. The molecule has 2 rings (SSSR count). The van der Waals surface area contributed by atoms with Gasteiger partial charge in [-0.25, -0.2) is 0 Å². The van der Waals surface area contributed by atoms with Gasteiger partial charge in [0, 0.05) is 18.2 Å². The number of thioether (sulfide) groups is 1. The maximum Gasteiger partial charge on any atom is 0.156 e. The van der Waals surface area contributed by atoms with E-state index in [1.54, 1.807) is 0 Å². The van der Waals surface area contributed by atoms with Gasteiger partial charge >= 0.3 is 0 Å². The molecule has 1 aromatic rings. The summed E-state index contributed by atoms with van der Waals surface area (Å²) in [5.41, 5.74) is 1.42. The number of rotatable bonds is 4. The van der Waals surface area contributed by atoms with Crippen LogP contribution in [0, 0.1) is 0 Å². The maximum atomic E-state index is 4.40. The molecule has 1 unspecified atom stereocenters. The van der Waals surface area contributed by atoms with Gasteiger partial charge in [0.2, 0.25) is 0 Å². The zero-order valence-corrected chi connectivity index (χ0v) is 10.5. The summed E-state index contributed by atoms with van der Waals surface area (Å²) >= 11 is 1.83. The fourth-order valence-corrected chi connectivity index (χ4v) is 2.62. The Morgan fingerprint density at radius 3 is 2.81 bits per heavy atom. The second-order valence-electron chi connectivity index (χ2n) is 3.93. The van der Waals surface area contributed by atoms with Gasteiger partial charge in [0.05, 0.1) is 6.54 Å². The molecule has 1 aromatic carbocycles. The lowest BCUT2D eigenvalue weighted by atomic mass is 9.97. The third kappa shape index (κ3) is 3.01. The molecule has 3 heteroatoms. The van der Waals surface area contributed by atoms with E-state index in [2.05, 4.69) is 47.6 Å². The van der Waals surface area contributed by atoms with Crippen LogP contribution in [-0.2, 0) is 0 Å². The quantitative estimate of drug-likeness (QED) is 0.866. The zero-order valence-electron chi connectivity index (χ0n) is 9.65. The van der Waals surface area contributed by atoms with Crippen LogP contribution in [0.25, 0.3) is 0 Å². The van der Waals surface area contributed by atoms with Gasteiger partial charge in [-0.15, -0.1) is 0 Å². The van der Waals surface area contributed by atoms with E-state index in [1.165, 1.54) is 5.56 Å². The number of hydrogen-bond donors (Lipinski definition) is 1. The summed E-state index contributed by atoms with van der Waals surface area (Å²) in [6, 6.07) is 10.7. The molecule has 1 atom stereocenters. The third-order valence-electron chi connectivity index (χ3n) is 2.85. The molecule has 0 amide bonds. The highest BCUT2D eigenvalue weighted by atomic mass is 32.2. The first kappa shape index (κ1) is 11.5. The Balaban J connectivity index is 1.90. The number of hydrogen-bond acceptors (Lipinski definition) is 3. The van der Waals surface area contributed by atoms with Crippen molar-refractivity contribution >= 4 is 16.9 Å². The summed E-state index contributed by atoms with van der Waals surface area (Å²) in [5, 5.41) is 4.56. The lowest BCUT2D eigenvalue weighted by molar-refractivity contribution is 0.642. The molecule has 0 bridgehead atoms. The first-order valence-electron chi connectivity index (χ1n) is 5.86. The molecule has 16 heavy (non-hydrogen) atoms. The van der Waals surface area contributed by atoms with E-state index in [0.717, 1.165) is 30.4 Å². The van der Waals surface area contributed by atoms with E-state index in [4.69, 9.17) is 0 Å². The Labute approximate surface area is 102 Å². The molecule has 0 saturated carbocycles. The summed E-state index contributed by atoms with van der Waals surface area (Å²) in [5.74, 6) is 1.72. The van der Waals surface area contributed by atoms with E-state index in [9.17, 15) is 0 Å². The minimum atomic E-state index is 0.588. The van der Waals surface area contributed by atoms with Crippen LogP contribution in [0.3, 0.4) is 0 Å². The van der Waals surface area contributed by atoms with Crippen LogP contribution in [0.5, 0.6) is 0 Å². The lowest BCUT2D eigenvalue weighted by Crippen LogP contribution is -2.25. The van der Waals surface area contributed by atoms with Crippen LogP contribution >= 0.6 is 11.8 Å². The average molecular weight is 234 g/mol. The molecule has 0 radical (unpaired) electrons. The van der Waals surface area contributed by atoms with E-state index < -0.39 is 0 Å². The molecular formula is C13H18N2S. The molecule has 0 aliphatic carbocycles. The Morgan fingerprint density at radius 1 is 1.38 bits per heavy atom. The highest BCUT2D eigenvalue weighted by Crippen LogP contribution is 2.19. The molecule has 86 valence electrons. The van der Waals surface area contributed by atoms with Crippen LogP contribution in [0.4, 0.5) is 0 Å². The average Bonchev–Trinajstić information content (AvgIpc) is 2.84. The molecule has 1 aliphatic rings. The smallest absolute Gasteiger partial charge is 0.156 e. The largest absolute Gasteiger partial charge is 0.364 e. The van der Waals surface area contributed by atoms with Gasteiger partial charge in [-0.2, -0.15) is 0 Å². The highest BCUT2D eigenvalue weighted by molar-refractivity contribution is 8.14. The van der Waals surface area contributed by atoms with Gasteiger partial charge in [0.1, 0.15) is 0 Å². The van der Waals surface area contributed by atoms with Gasteiger partial charge in [0.25, 0.3) is 0 Å². The lowest BCUT2D eigenvalue weighted by Gasteiger charge is -2.16. The Hall–Kier alpha value is -0.960. The van der Waals surface area contributed by atoms with E-state index >= 15 is 0 Å². The van der Waals surface area contributed by atoms with Gasteiger partial charge in [-0.3, -0.25) is 4.99 Å². The van der Waals surface area contributed by atoms with Gasteiger partial charge in [-0.05, 0) is 12.0 Å². The number of nitrogens with one attached hydrogen (secondary N) is 1. The fourth-order valence-electron chi connectivity index (χ4n) is 1.88. The van der Waals surface area contributed by atoms with Crippen LogP contribution in [0.15, 0.2) is 35.3 Å². The Kier molecular flexibility index (Phi) is 4.28. The predicted octanol–water partition coefficient (Wildman–Crippen LogP) is 2.87. The van der Waals surface area contributed by atoms with E-state index in [0.29, 0.717) is 5.92 Å². The van der Waals surface area contributed by atoms with Gasteiger partial charge < -0.3 is 5.32 Å². The van der Waals surface area contributed by atoms with Gasteiger partial charge in [0.15, 0.2) is 5.17 Å². The first-order chi connectivity index (χ1) is 7.90. The SMILES string of the molecule is CCC(CNC1=NCCS1)c1ccccc1. The number of nitrogens with zero attached hydrogens (tertiary/aromatic N) is 1. The number of benzene rings is 1. The van der Waals surface area contributed by atoms with Crippen molar-refractivity contribution in [1.82, 2.24) is 5.32 Å². The fraction of sp³-hybridized carbons (Fsp3) is 0.462. The van der Waals surface area contributed by atoms with Crippen molar-refractivity contribution in [1.29, 1.82) is 0 Å². The zero-order chi connectivity index (χ0) is 11.2. The topological polar surface area (TPSA) is 24.4 Å². The van der Waals surface area contributed by atoms with E-state index in [-0.39, 0.29) is 0 Å². The van der Waals surface area contributed by atoms with Crippen molar-refractivity contribution in [2.24, 2.45) is 4.99 Å². The van der Waals surface area contributed by atoms with Crippen molar-refractivity contribution in [2.75, 3.05) is 18.8 Å². The maximum absolute atomic E-state index is 4.40. The summed E-state index contributed by atoms with van der Waals surface area (Å²) in [6.07, 6.45) is 1.16. The molecule has 1 N–H and O–H groups in total. The number of aliphatic imine (C=N–C) groups is 1. The van der Waals surface area contributed by atoms with Crippen LogP contribution < -0.4 is 5.32 Å². The monoisotopic (exact) mass is 234 g/mol. The van der Waals surface area contributed by atoms with Crippen molar-refractivity contribution in [3.8, 4) is 0 Å². The second kappa shape index (κ2) is 5.94. The minimum Gasteiger partial charge on any atom is -0.364 e. The number of amidine groups is 1.